The molecular formula is C16H20N2O. The van der Waals surface area contributed by atoms with Crippen molar-refractivity contribution in [1.82, 2.24) is 4.98 Å². The van der Waals surface area contributed by atoms with Crippen LogP contribution in [0.25, 0.3) is 0 Å². The van der Waals surface area contributed by atoms with Gasteiger partial charge in [-0.3, -0.25) is 4.98 Å². The number of rotatable bonds is 4. The van der Waals surface area contributed by atoms with Crippen LogP contribution in [0, 0.1) is 13.8 Å². The van der Waals surface area contributed by atoms with Crippen molar-refractivity contribution >= 4 is 5.69 Å². The fraction of sp³-hybridized carbons (Fsp3) is 0.312. The number of nitrogens with zero attached hydrogens (tertiary/aromatic N) is 2. The van der Waals surface area contributed by atoms with E-state index in [1.165, 1.54) is 11.3 Å². The van der Waals surface area contributed by atoms with Crippen molar-refractivity contribution in [3.8, 4) is 5.75 Å². The van der Waals surface area contributed by atoms with E-state index in [2.05, 4.69) is 35.9 Å². The van der Waals surface area contributed by atoms with Crippen molar-refractivity contribution in [2.24, 2.45) is 0 Å². The number of hydrogen-bond acceptors (Lipinski definition) is 3. The Bertz CT molecular complexity index is 566. The Balaban J connectivity index is 2.29. The van der Waals surface area contributed by atoms with Crippen molar-refractivity contribution < 1.29 is 5.11 Å². The molecular weight excluding hydrogens is 236 g/mol. The molecule has 1 aromatic carbocycles. The van der Waals surface area contributed by atoms with E-state index in [0.29, 0.717) is 6.54 Å². The second-order valence-corrected chi connectivity index (χ2v) is 4.72. The zero-order valence-corrected chi connectivity index (χ0v) is 11.7. The predicted octanol–water partition coefficient (Wildman–Crippen LogP) is 3.43. The van der Waals surface area contributed by atoms with Crippen molar-refractivity contribution in [2.45, 2.75) is 27.3 Å². The summed E-state index contributed by atoms with van der Waals surface area (Å²) in [5, 5.41) is 9.91. The maximum atomic E-state index is 9.91. The Morgan fingerprint density at radius 3 is 2.53 bits per heavy atom. The number of benzene rings is 1. The topological polar surface area (TPSA) is 36.4 Å². The van der Waals surface area contributed by atoms with Gasteiger partial charge in [-0.1, -0.05) is 18.2 Å². The molecule has 0 aliphatic carbocycles. The van der Waals surface area contributed by atoms with E-state index in [1.54, 1.807) is 6.07 Å². The van der Waals surface area contributed by atoms with Crippen LogP contribution < -0.4 is 4.90 Å². The first-order valence-corrected chi connectivity index (χ1v) is 6.58. The highest BCUT2D eigenvalue weighted by atomic mass is 16.3. The van der Waals surface area contributed by atoms with Gasteiger partial charge in [0.05, 0.1) is 6.54 Å². The minimum absolute atomic E-state index is 0.262. The summed E-state index contributed by atoms with van der Waals surface area (Å²) < 4.78 is 0. The lowest BCUT2D eigenvalue weighted by molar-refractivity contribution is 0.462. The van der Waals surface area contributed by atoms with Crippen LogP contribution in [-0.2, 0) is 6.54 Å². The van der Waals surface area contributed by atoms with Crippen LogP contribution in [0.3, 0.4) is 0 Å². The molecule has 100 valence electrons. The van der Waals surface area contributed by atoms with Crippen molar-refractivity contribution in [2.75, 3.05) is 11.4 Å². The summed E-state index contributed by atoms with van der Waals surface area (Å²) in [6, 6.07) is 11.8. The third kappa shape index (κ3) is 3.05. The van der Waals surface area contributed by atoms with Gasteiger partial charge in [0.15, 0.2) is 0 Å². The number of hydrogen-bond donors (Lipinski definition) is 1. The lowest BCUT2D eigenvalue weighted by Gasteiger charge is -2.25. The van der Waals surface area contributed by atoms with Crippen LogP contribution in [0.5, 0.6) is 5.75 Å². The largest absolute Gasteiger partial charge is 0.506 e. The van der Waals surface area contributed by atoms with Gasteiger partial charge < -0.3 is 10.0 Å². The van der Waals surface area contributed by atoms with E-state index in [4.69, 9.17) is 0 Å². The summed E-state index contributed by atoms with van der Waals surface area (Å²) in [6.07, 6.45) is 0. The number of anilines is 1. The summed E-state index contributed by atoms with van der Waals surface area (Å²) in [5.41, 5.74) is 4.07. The van der Waals surface area contributed by atoms with E-state index in [0.717, 1.165) is 17.9 Å². The van der Waals surface area contributed by atoms with Crippen LogP contribution in [0.4, 0.5) is 5.69 Å². The number of aryl methyl sites for hydroxylation is 2. The zero-order valence-electron chi connectivity index (χ0n) is 11.7. The summed E-state index contributed by atoms with van der Waals surface area (Å²) in [7, 11) is 0. The third-order valence-electron chi connectivity index (χ3n) is 3.27. The third-order valence-corrected chi connectivity index (χ3v) is 3.27. The van der Waals surface area contributed by atoms with Gasteiger partial charge in [-0.25, -0.2) is 0 Å². The predicted molar refractivity (Wildman–Crippen MR) is 78.5 cm³/mol. The fourth-order valence-corrected chi connectivity index (χ4v) is 2.19. The number of pyridine rings is 1. The highest BCUT2D eigenvalue weighted by molar-refractivity contribution is 5.53. The van der Waals surface area contributed by atoms with Crippen LogP contribution in [0.1, 0.15) is 23.9 Å². The minimum Gasteiger partial charge on any atom is -0.506 e. The maximum absolute atomic E-state index is 9.91. The van der Waals surface area contributed by atoms with E-state index >= 15 is 0 Å². The molecule has 2 rings (SSSR count). The lowest BCUT2D eigenvalue weighted by atomic mass is 10.1. The Hall–Kier alpha value is -2.03. The highest BCUT2D eigenvalue weighted by Crippen LogP contribution is 2.23. The Labute approximate surface area is 114 Å². The SMILES string of the molecule is CCN(Cc1nc(C)ccc1O)c1ccccc1C. The smallest absolute Gasteiger partial charge is 0.138 e. The number of aromatic nitrogens is 1. The quantitative estimate of drug-likeness (QED) is 0.910. The van der Waals surface area contributed by atoms with Gasteiger partial charge >= 0.3 is 0 Å². The Morgan fingerprint density at radius 1 is 1.11 bits per heavy atom. The average molecular weight is 256 g/mol. The second-order valence-electron chi connectivity index (χ2n) is 4.72. The van der Waals surface area contributed by atoms with Gasteiger partial charge in [-0.15, -0.1) is 0 Å². The molecule has 0 bridgehead atoms. The first kappa shape index (κ1) is 13.4. The van der Waals surface area contributed by atoms with Crippen LogP contribution >= 0.6 is 0 Å². The summed E-state index contributed by atoms with van der Waals surface area (Å²) >= 11 is 0. The second kappa shape index (κ2) is 5.74. The lowest BCUT2D eigenvalue weighted by Crippen LogP contribution is -2.23. The zero-order chi connectivity index (χ0) is 13.8. The Morgan fingerprint density at radius 2 is 1.84 bits per heavy atom. The molecule has 0 aliphatic heterocycles. The van der Waals surface area contributed by atoms with E-state index in [9.17, 15) is 5.11 Å². The van der Waals surface area contributed by atoms with Crippen LogP contribution in [0.15, 0.2) is 36.4 Å². The monoisotopic (exact) mass is 256 g/mol. The average Bonchev–Trinajstić information content (AvgIpc) is 2.41. The molecule has 0 atom stereocenters. The summed E-state index contributed by atoms with van der Waals surface area (Å²) in [6.45, 7) is 7.64. The molecule has 0 saturated heterocycles. The first-order chi connectivity index (χ1) is 9.11. The maximum Gasteiger partial charge on any atom is 0.138 e. The molecule has 0 amide bonds. The molecule has 0 unspecified atom stereocenters. The van der Waals surface area contributed by atoms with E-state index < -0.39 is 0 Å². The first-order valence-electron chi connectivity index (χ1n) is 6.58. The number of aromatic hydroxyl groups is 1. The minimum atomic E-state index is 0.262. The normalized spacial score (nSPS) is 10.5. The van der Waals surface area contributed by atoms with Gasteiger partial charge in [-0.05, 0) is 44.5 Å². The molecule has 0 spiro atoms. The molecule has 3 nitrogen and oxygen atoms in total. The van der Waals surface area contributed by atoms with Gasteiger partial charge in [0.25, 0.3) is 0 Å². The fourth-order valence-electron chi connectivity index (χ4n) is 2.19. The van der Waals surface area contributed by atoms with Crippen molar-refractivity contribution in [3.63, 3.8) is 0 Å². The molecule has 0 radical (unpaired) electrons. The molecule has 3 heteroatoms. The van der Waals surface area contributed by atoms with Gasteiger partial charge in [0.2, 0.25) is 0 Å². The molecule has 0 aliphatic rings. The standard InChI is InChI=1S/C16H20N2O/c1-4-18(15-8-6-5-7-12(15)2)11-14-16(19)10-9-13(3)17-14/h5-10,19H,4,11H2,1-3H3. The van der Waals surface area contributed by atoms with Crippen LogP contribution in [0.2, 0.25) is 0 Å². The van der Waals surface area contributed by atoms with Crippen molar-refractivity contribution in [3.05, 3.63) is 53.3 Å². The highest BCUT2D eigenvalue weighted by Gasteiger charge is 2.11. The van der Waals surface area contributed by atoms with Crippen LogP contribution in [-0.4, -0.2) is 16.6 Å². The molecule has 19 heavy (non-hydrogen) atoms. The summed E-state index contributed by atoms with van der Waals surface area (Å²) in [4.78, 5) is 6.64. The summed E-state index contributed by atoms with van der Waals surface area (Å²) in [5.74, 6) is 0.262. The van der Waals surface area contributed by atoms with Crippen molar-refractivity contribution in [1.29, 1.82) is 0 Å². The number of para-hydroxylation sites is 1. The van der Waals surface area contributed by atoms with Gasteiger partial charge in [-0.2, -0.15) is 0 Å². The molecule has 2 aromatic rings. The van der Waals surface area contributed by atoms with Gasteiger partial charge in [0.1, 0.15) is 11.4 Å². The van der Waals surface area contributed by atoms with Gasteiger partial charge in [0, 0.05) is 17.9 Å². The van der Waals surface area contributed by atoms with E-state index in [-0.39, 0.29) is 5.75 Å². The van der Waals surface area contributed by atoms with E-state index in [1.807, 2.05) is 25.1 Å². The molecule has 1 aromatic heterocycles. The molecule has 1 heterocycles. The molecule has 1 N–H and O–H groups in total. The molecule has 0 fully saturated rings. The molecule has 0 saturated carbocycles. The Kier molecular flexibility index (Phi) is 4.05.